The van der Waals surface area contributed by atoms with Gasteiger partial charge in [0.2, 0.25) is 10.3 Å². The highest BCUT2D eigenvalue weighted by molar-refractivity contribution is 8.76. The number of aromatic nitrogens is 6. The number of rotatable bonds is 13. The monoisotopic (exact) mass is 634 g/mol. The van der Waals surface area contributed by atoms with Gasteiger partial charge in [0.1, 0.15) is 16.1 Å². The average molecular weight is 636 g/mol. The highest BCUT2D eigenvalue weighted by Crippen LogP contribution is 2.40. The molecular formula is C22H28Cl2N8O2S4. The molecule has 0 aliphatic rings. The average Bonchev–Trinajstić information content (AvgIpc) is 3.42. The van der Waals surface area contributed by atoms with E-state index in [0.717, 1.165) is 22.2 Å². The normalized spacial score (nSPS) is 12.8. The minimum Gasteiger partial charge on any atom is -0.394 e. The summed E-state index contributed by atoms with van der Waals surface area (Å²) in [5, 5.41) is 24.2. The summed E-state index contributed by atoms with van der Waals surface area (Å²) in [5.74, 6) is 2.03. The van der Waals surface area contributed by atoms with Crippen molar-refractivity contribution in [1.82, 2.24) is 29.9 Å². The molecule has 206 valence electrons. The summed E-state index contributed by atoms with van der Waals surface area (Å²) in [5.41, 5.74) is 0.950. The van der Waals surface area contributed by atoms with Gasteiger partial charge in [-0.2, -0.15) is 0 Å². The second-order valence-corrected chi connectivity index (χ2v) is 14.6. The van der Waals surface area contributed by atoms with Gasteiger partial charge in [-0.3, -0.25) is 0 Å². The van der Waals surface area contributed by atoms with E-state index in [1.807, 2.05) is 0 Å². The first-order chi connectivity index (χ1) is 18.2. The van der Waals surface area contributed by atoms with Crippen LogP contribution >= 0.6 is 67.5 Å². The molecule has 0 radical (unpaired) electrons. The van der Waals surface area contributed by atoms with E-state index in [4.69, 9.17) is 33.2 Å². The first-order valence-corrected chi connectivity index (χ1v) is 16.5. The first kappa shape index (κ1) is 29.7. The van der Waals surface area contributed by atoms with Gasteiger partial charge >= 0.3 is 0 Å². The van der Waals surface area contributed by atoms with Gasteiger partial charge in [0, 0.05) is 6.54 Å². The molecule has 4 rings (SSSR count). The number of aliphatic hydroxyl groups excluding tert-OH is 2. The van der Waals surface area contributed by atoms with E-state index in [2.05, 4.69) is 52.9 Å². The lowest BCUT2D eigenvalue weighted by Gasteiger charge is -2.22. The number of fused-ring (bicyclic) bond motifs is 2. The van der Waals surface area contributed by atoms with Crippen LogP contribution in [0, 0.1) is 11.8 Å². The van der Waals surface area contributed by atoms with E-state index in [1.54, 1.807) is 4.90 Å². The van der Waals surface area contributed by atoms with Crippen LogP contribution in [0.15, 0.2) is 10.3 Å². The van der Waals surface area contributed by atoms with Crippen LogP contribution < -0.4 is 10.2 Å². The van der Waals surface area contributed by atoms with Crippen molar-refractivity contribution in [3.05, 3.63) is 8.93 Å². The van der Waals surface area contributed by atoms with Gasteiger partial charge in [-0.05, 0) is 46.3 Å². The van der Waals surface area contributed by atoms with Gasteiger partial charge < -0.3 is 20.4 Å². The molecule has 0 saturated carbocycles. The van der Waals surface area contributed by atoms with E-state index >= 15 is 0 Å². The van der Waals surface area contributed by atoms with Crippen molar-refractivity contribution in [1.29, 1.82) is 0 Å². The molecule has 0 aliphatic heterocycles. The lowest BCUT2D eigenvalue weighted by Crippen LogP contribution is -2.27. The summed E-state index contributed by atoms with van der Waals surface area (Å²) < 4.78 is 2.17. The van der Waals surface area contributed by atoms with Crippen molar-refractivity contribution in [3.63, 3.8) is 0 Å². The Morgan fingerprint density at radius 1 is 0.842 bits per heavy atom. The summed E-state index contributed by atoms with van der Waals surface area (Å²) >= 11 is 15.0. The van der Waals surface area contributed by atoms with Gasteiger partial charge in [-0.15, -0.1) is 0 Å². The minimum atomic E-state index is -0.187. The van der Waals surface area contributed by atoms with Crippen LogP contribution in [0.2, 0.25) is 8.93 Å². The molecule has 0 amide bonds. The van der Waals surface area contributed by atoms with Gasteiger partial charge in [-0.25, -0.2) is 29.9 Å². The summed E-state index contributed by atoms with van der Waals surface area (Å²) in [6.45, 7) is 8.88. The van der Waals surface area contributed by atoms with Crippen LogP contribution in [-0.2, 0) is 0 Å². The van der Waals surface area contributed by atoms with Crippen molar-refractivity contribution < 1.29 is 10.2 Å². The van der Waals surface area contributed by atoms with Crippen LogP contribution in [0.3, 0.4) is 0 Å². The zero-order chi connectivity index (χ0) is 27.4. The molecule has 1 atom stereocenters. The zero-order valence-corrected chi connectivity index (χ0v) is 26.0. The Morgan fingerprint density at radius 3 is 2.03 bits per heavy atom. The maximum absolute atomic E-state index is 10.1. The number of halogens is 2. The molecule has 0 unspecified atom stereocenters. The topological polar surface area (TPSA) is 133 Å². The molecule has 0 spiro atoms. The number of thiazole rings is 2. The lowest BCUT2D eigenvalue weighted by atomic mass is 10.0. The molecule has 4 aromatic heterocycles. The molecule has 0 bridgehead atoms. The number of nitrogens with zero attached hydrogens (tertiary/aromatic N) is 7. The van der Waals surface area contributed by atoms with Crippen molar-refractivity contribution in [2.75, 3.05) is 30.1 Å². The number of hydrogen-bond acceptors (Lipinski definition) is 14. The second-order valence-electron chi connectivity index (χ2n) is 9.33. The molecule has 0 saturated heterocycles. The van der Waals surface area contributed by atoms with E-state index in [-0.39, 0.29) is 19.4 Å². The quantitative estimate of drug-likeness (QED) is 0.0876. The van der Waals surface area contributed by atoms with Crippen molar-refractivity contribution in [2.24, 2.45) is 11.8 Å². The number of anilines is 2. The maximum atomic E-state index is 10.1. The second kappa shape index (κ2) is 13.4. The number of aliphatic hydroxyl groups is 2. The molecule has 3 N–H and O–H groups in total. The highest BCUT2D eigenvalue weighted by atomic mass is 35.5. The van der Waals surface area contributed by atoms with Crippen LogP contribution in [0.4, 0.5) is 11.6 Å². The van der Waals surface area contributed by atoms with E-state index < -0.39 is 0 Å². The highest BCUT2D eigenvalue weighted by Gasteiger charge is 2.21. The summed E-state index contributed by atoms with van der Waals surface area (Å²) in [6.07, 6.45) is 1.66. The van der Waals surface area contributed by atoms with Gasteiger partial charge in [0.05, 0.1) is 12.6 Å². The molecule has 0 fully saturated rings. The molecule has 16 heteroatoms. The van der Waals surface area contributed by atoms with Crippen LogP contribution in [0.1, 0.15) is 40.5 Å². The Morgan fingerprint density at radius 2 is 1.45 bits per heavy atom. The van der Waals surface area contributed by atoms with Crippen LogP contribution in [-0.4, -0.2) is 66.0 Å². The molecular weight excluding hydrogens is 607 g/mol. The van der Waals surface area contributed by atoms with Crippen molar-refractivity contribution in [2.45, 2.75) is 56.9 Å². The Bertz CT molecular complexity index is 1390. The fourth-order valence-corrected chi connectivity index (χ4v) is 7.20. The summed E-state index contributed by atoms with van der Waals surface area (Å²) in [4.78, 5) is 29.0. The third-order valence-electron chi connectivity index (χ3n) is 5.35. The Kier molecular flexibility index (Phi) is 10.5. The summed E-state index contributed by atoms with van der Waals surface area (Å²) in [6, 6.07) is -0.169. The van der Waals surface area contributed by atoms with Gasteiger partial charge in [0.25, 0.3) is 0 Å². The fraction of sp³-hybridized carbons (Fsp3) is 0.545. The van der Waals surface area contributed by atoms with E-state index in [9.17, 15) is 10.2 Å². The Labute approximate surface area is 246 Å². The van der Waals surface area contributed by atoms with Crippen LogP contribution in [0.25, 0.3) is 20.7 Å². The van der Waals surface area contributed by atoms with Crippen molar-refractivity contribution >= 4 is 99.8 Å². The van der Waals surface area contributed by atoms with Gasteiger partial charge in [-0.1, -0.05) is 73.6 Å². The summed E-state index contributed by atoms with van der Waals surface area (Å²) in [7, 11) is 2.54. The predicted octanol–water partition coefficient (Wildman–Crippen LogP) is 6.21. The molecule has 4 aromatic rings. The molecule has 0 aliphatic carbocycles. The third-order valence-corrected chi connectivity index (χ3v) is 9.54. The molecule has 10 nitrogen and oxygen atoms in total. The SMILES string of the molecule is CC(C)CCN(CO)c1nc(SSc2nc(N[C@@H](CO)CC(C)C)c3sc(Cl)nc3n2)nc2nc(Cl)sc12. The fourth-order valence-electron chi connectivity index (χ4n) is 3.60. The van der Waals surface area contributed by atoms with Crippen LogP contribution in [0.5, 0.6) is 0 Å². The Hall–Kier alpha value is -1.26. The van der Waals surface area contributed by atoms with E-state index in [0.29, 0.717) is 60.6 Å². The number of hydrogen-bond donors (Lipinski definition) is 3. The largest absolute Gasteiger partial charge is 0.394 e. The number of nitrogens with one attached hydrogen (secondary N) is 1. The zero-order valence-electron chi connectivity index (χ0n) is 21.2. The predicted molar refractivity (Wildman–Crippen MR) is 160 cm³/mol. The molecule has 0 aromatic carbocycles. The van der Waals surface area contributed by atoms with Gasteiger partial charge in [0.15, 0.2) is 31.9 Å². The Balaban J connectivity index is 1.62. The maximum Gasteiger partial charge on any atom is 0.202 e. The minimum absolute atomic E-state index is 0.0293. The standard InChI is InChI=1S/C22H28Cl2N8O2S4/c1-10(2)5-6-32(9-34)18-14-17(27-20(24)36-14)30-22(31-18)38-37-21-28-15(25-12(8-33)7-11(3)4)13-16(29-21)26-19(23)35-13/h10-12,33-34H,5-9H2,1-4H3,(H,25,28,29)/t12-/m1/s1. The lowest BCUT2D eigenvalue weighted by molar-refractivity contribution is 0.259. The first-order valence-electron chi connectivity index (χ1n) is 11.9. The molecule has 4 heterocycles. The third kappa shape index (κ3) is 7.47. The van der Waals surface area contributed by atoms with E-state index in [1.165, 1.54) is 44.3 Å². The smallest absolute Gasteiger partial charge is 0.202 e. The molecule has 38 heavy (non-hydrogen) atoms. The van der Waals surface area contributed by atoms with Crippen molar-refractivity contribution in [3.8, 4) is 0 Å².